The van der Waals surface area contributed by atoms with E-state index in [2.05, 4.69) is 43.5 Å². The molecule has 0 bridgehead atoms. The number of carbonyl (C=O) groups is 2. The molecule has 0 rings (SSSR count). The Balaban J connectivity index is 3.39. The fourth-order valence-electron chi connectivity index (χ4n) is 10.2. The minimum Gasteiger partial charge on any atom is -0.466 e. The molecule has 0 aliphatic rings. The Hall–Kier alpha value is -1.66. The Morgan fingerprint density at radius 3 is 0.986 bits per heavy atom. The molecule has 0 saturated heterocycles. The van der Waals surface area contributed by atoms with Gasteiger partial charge < -0.3 is 20.3 Å². The fraction of sp³-hybridized carbons (Fsp3) is 0.909. The SMILES string of the molecule is CCCCCCCCC/C=C\CCCCCCCC(=O)OCCCCCCCCCCCCCC/C=C\CCCCCCCCCCC(=O)NC(CO)C(O)CCCCCCCCCCCCCCCCC. The lowest BCUT2D eigenvalue weighted by Gasteiger charge is -2.22. The molecule has 0 saturated carbocycles. The Labute approximate surface area is 450 Å². The number of esters is 1. The van der Waals surface area contributed by atoms with E-state index >= 15 is 0 Å². The predicted octanol–water partition coefficient (Wildman–Crippen LogP) is 20.6. The van der Waals surface area contributed by atoms with Gasteiger partial charge in [0.05, 0.1) is 25.4 Å². The summed E-state index contributed by atoms with van der Waals surface area (Å²) in [5, 5.41) is 23.3. The van der Waals surface area contributed by atoms with Crippen LogP contribution in [0.5, 0.6) is 0 Å². The molecule has 0 fully saturated rings. The number of ether oxygens (including phenoxy) is 1. The molecule has 0 aromatic heterocycles. The maximum Gasteiger partial charge on any atom is 0.305 e. The van der Waals surface area contributed by atoms with Crippen LogP contribution in [-0.2, 0) is 14.3 Å². The first-order valence-electron chi connectivity index (χ1n) is 32.6. The van der Waals surface area contributed by atoms with Crippen LogP contribution in [0.1, 0.15) is 361 Å². The number of unbranched alkanes of at least 4 members (excludes halogenated alkanes) is 46. The number of allylic oxidation sites excluding steroid dienone is 4. The summed E-state index contributed by atoms with van der Waals surface area (Å²) in [5.41, 5.74) is 0. The number of amides is 1. The molecule has 426 valence electrons. The first kappa shape index (κ1) is 70.3. The number of aliphatic hydroxyl groups is 2. The van der Waals surface area contributed by atoms with Gasteiger partial charge >= 0.3 is 5.97 Å². The van der Waals surface area contributed by atoms with Crippen LogP contribution in [0.4, 0.5) is 0 Å². The third kappa shape index (κ3) is 57.6. The van der Waals surface area contributed by atoms with E-state index in [1.165, 1.54) is 283 Å². The molecule has 0 radical (unpaired) electrons. The molecule has 1 amide bonds. The molecular weight excluding hydrogens is 887 g/mol. The van der Waals surface area contributed by atoms with E-state index in [4.69, 9.17) is 4.74 Å². The monoisotopic (exact) mass is 1010 g/mol. The van der Waals surface area contributed by atoms with Crippen LogP contribution in [0, 0.1) is 0 Å². The van der Waals surface area contributed by atoms with Crippen molar-refractivity contribution < 1.29 is 24.5 Å². The summed E-state index contributed by atoms with van der Waals surface area (Å²) >= 11 is 0. The predicted molar refractivity (Wildman–Crippen MR) is 315 cm³/mol. The van der Waals surface area contributed by atoms with Crippen LogP contribution in [0.15, 0.2) is 24.3 Å². The zero-order valence-corrected chi connectivity index (χ0v) is 48.7. The summed E-state index contributed by atoms with van der Waals surface area (Å²) in [5.74, 6) is -0.0318. The first-order chi connectivity index (χ1) is 35.5. The lowest BCUT2D eigenvalue weighted by molar-refractivity contribution is -0.143. The minimum atomic E-state index is -0.667. The zero-order chi connectivity index (χ0) is 52.2. The van der Waals surface area contributed by atoms with Crippen molar-refractivity contribution in [2.75, 3.05) is 13.2 Å². The molecule has 0 aromatic rings. The Morgan fingerprint density at radius 1 is 0.375 bits per heavy atom. The van der Waals surface area contributed by atoms with Gasteiger partial charge in [-0.05, 0) is 77.0 Å². The van der Waals surface area contributed by atoms with Crippen molar-refractivity contribution in [3.8, 4) is 0 Å². The Bertz CT molecular complexity index is 1120. The fourth-order valence-corrected chi connectivity index (χ4v) is 10.2. The summed E-state index contributed by atoms with van der Waals surface area (Å²) in [6.07, 6.45) is 76.3. The lowest BCUT2D eigenvalue weighted by atomic mass is 10.0. The second-order valence-corrected chi connectivity index (χ2v) is 22.4. The zero-order valence-electron chi connectivity index (χ0n) is 48.7. The molecular formula is C66H127NO5. The molecule has 0 heterocycles. The van der Waals surface area contributed by atoms with E-state index in [-0.39, 0.29) is 18.5 Å². The number of rotatable bonds is 61. The second kappa shape index (κ2) is 61.9. The van der Waals surface area contributed by atoms with E-state index in [1.54, 1.807) is 0 Å². The third-order valence-corrected chi connectivity index (χ3v) is 15.2. The number of hydrogen-bond donors (Lipinski definition) is 3. The number of aliphatic hydroxyl groups excluding tert-OH is 2. The quantitative estimate of drug-likeness (QED) is 0.0320. The average molecular weight is 1010 g/mol. The van der Waals surface area contributed by atoms with Gasteiger partial charge in [0.2, 0.25) is 5.91 Å². The van der Waals surface area contributed by atoms with Crippen LogP contribution in [0.3, 0.4) is 0 Å². The van der Waals surface area contributed by atoms with Gasteiger partial charge in [-0.25, -0.2) is 0 Å². The van der Waals surface area contributed by atoms with Crippen molar-refractivity contribution in [1.29, 1.82) is 0 Å². The van der Waals surface area contributed by atoms with Crippen LogP contribution in [0.25, 0.3) is 0 Å². The van der Waals surface area contributed by atoms with Gasteiger partial charge in [-0.3, -0.25) is 9.59 Å². The maximum atomic E-state index is 12.5. The van der Waals surface area contributed by atoms with Gasteiger partial charge in [0.25, 0.3) is 0 Å². The molecule has 0 aromatic carbocycles. The molecule has 2 unspecified atom stereocenters. The van der Waals surface area contributed by atoms with Gasteiger partial charge in [-0.2, -0.15) is 0 Å². The highest BCUT2D eigenvalue weighted by molar-refractivity contribution is 5.76. The lowest BCUT2D eigenvalue weighted by Crippen LogP contribution is -2.45. The Kier molecular flexibility index (Phi) is 60.5. The summed E-state index contributed by atoms with van der Waals surface area (Å²) in [6.45, 7) is 4.97. The average Bonchev–Trinajstić information content (AvgIpc) is 3.38. The molecule has 0 aliphatic carbocycles. The summed E-state index contributed by atoms with van der Waals surface area (Å²) in [7, 11) is 0. The minimum absolute atomic E-state index is 0.00567. The van der Waals surface area contributed by atoms with E-state index in [9.17, 15) is 19.8 Å². The first-order valence-corrected chi connectivity index (χ1v) is 32.6. The van der Waals surface area contributed by atoms with Gasteiger partial charge in [0.15, 0.2) is 0 Å². The van der Waals surface area contributed by atoms with Gasteiger partial charge in [0.1, 0.15) is 0 Å². The molecule has 6 heteroatoms. The topological polar surface area (TPSA) is 95.9 Å². The standard InChI is InChI=1S/C66H127NO5/c1-3-5-7-9-11-13-15-17-19-32-36-40-44-48-52-56-60-66(71)72-61-57-53-49-45-41-37-33-29-27-25-23-21-20-22-24-26-28-31-35-39-43-47-51-55-59-65(70)67-63(62-68)64(69)58-54-50-46-42-38-34-30-18-16-14-12-10-8-6-4-2/h19,22,24,32,63-64,68-69H,3-18,20-21,23,25-31,33-62H2,1-2H3,(H,67,70)/b24-22-,32-19-. The normalized spacial score (nSPS) is 12.7. The summed E-state index contributed by atoms with van der Waals surface area (Å²) in [4.78, 5) is 24.6. The Morgan fingerprint density at radius 2 is 0.653 bits per heavy atom. The molecule has 6 nitrogen and oxygen atoms in total. The summed E-state index contributed by atoms with van der Waals surface area (Å²) < 4.78 is 5.49. The van der Waals surface area contributed by atoms with Crippen LogP contribution in [0.2, 0.25) is 0 Å². The largest absolute Gasteiger partial charge is 0.466 e. The van der Waals surface area contributed by atoms with E-state index in [0.29, 0.717) is 25.9 Å². The van der Waals surface area contributed by atoms with Crippen LogP contribution >= 0.6 is 0 Å². The van der Waals surface area contributed by atoms with Crippen molar-refractivity contribution in [3.63, 3.8) is 0 Å². The molecule has 72 heavy (non-hydrogen) atoms. The number of nitrogens with one attached hydrogen (secondary N) is 1. The van der Waals surface area contributed by atoms with E-state index < -0.39 is 12.1 Å². The molecule has 0 spiro atoms. The highest BCUT2D eigenvalue weighted by Gasteiger charge is 2.20. The van der Waals surface area contributed by atoms with E-state index in [0.717, 1.165) is 44.9 Å². The van der Waals surface area contributed by atoms with Crippen molar-refractivity contribution in [2.24, 2.45) is 0 Å². The molecule has 0 aliphatic heterocycles. The van der Waals surface area contributed by atoms with Crippen molar-refractivity contribution in [3.05, 3.63) is 24.3 Å². The van der Waals surface area contributed by atoms with Crippen molar-refractivity contribution in [1.82, 2.24) is 5.32 Å². The van der Waals surface area contributed by atoms with E-state index in [1.807, 2.05) is 0 Å². The highest BCUT2D eigenvalue weighted by atomic mass is 16.5. The third-order valence-electron chi connectivity index (χ3n) is 15.2. The number of hydrogen-bond acceptors (Lipinski definition) is 5. The van der Waals surface area contributed by atoms with Crippen molar-refractivity contribution >= 4 is 11.9 Å². The highest BCUT2D eigenvalue weighted by Crippen LogP contribution is 2.18. The van der Waals surface area contributed by atoms with Crippen molar-refractivity contribution in [2.45, 2.75) is 373 Å². The number of carbonyl (C=O) groups excluding carboxylic acids is 2. The molecule has 2 atom stereocenters. The smallest absolute Gasteiger partial charge is 0.305 e. The van der Waals surface area contributed by atoms with Gasteiger partial charge in [-0.1, -0.05) is 295 Å². The summed E-state index contributed by atoms with van der Waals surface area (Å²) in [6, 6.07) is -0.544. The second-order valence-electron chi connectivity index (χ2n) is 22.4. The molecule has 3 N–H and O–H groups in total. The van der Waals surface area contributed by atoms with Crippen LogP contribution < -0.4 is 5.32 Å². The van der Waals surface area contributed by atoms with Gasteiger partial charge in [0, 0.05) is 12.8 Å². The maximum absolute atomic E-state index is 12.5. The van der Waals surface area contributed by atoms with Gasteiger partial charge in [-0.15, -0.1) is 0 Å². The van der Waals surface area contributed by atoms with Crippen LogP contribution in [-0.4, -0.2) is 47.4 Å².